The van der Waals surface area contributed by atoms with Crippen LogP contribution in [-0.2, 0) is 9.47 Å². The van der Waals surface area contributed by atoms with Crippen molar-refractivity contribution < 1.29 is 19.1 Å². The largest absolute Gasteiger partial charge is 0.455 e. The highest BCUT2D eigenvalue weighted by atomic mass is 16.6. The zero-order valence-electron chi connectivity index (χ0n) is 10.5. The van der Waals surface area contributed by atoms with Gasteiger partial charge in [0.15, 0.2) is 0 Å². The normalized spacial score (nSPS) is 19.8. The van der Waals surface area contributed by atoms with Crippen molar-refractivity contribution in [3.05, 3.63) is 48.0 Å². The molecule has 1 aromatic carbocycles. The van der Waals surface area contributed by atoms with E-state index in [-0.39, 0.29) is 18.1 Å². The summed E-state index contributed by atoms with van der Waals surface area (Å²) in [5.41, 5.74) is 0.514. The molecular weight excluding hydrogens is 246 g/mol. The molecule has 1 aliphatic rings. The maximum Gasteiger partial charge on any atom is 0.407 e. The first-order valence-electron chi connectivity index (χ1n) is 6.03. The number of nitrogens with one attached hydrogen (secondary N) is 1. The van der Waals surface area contributed by atoms with E-state index in [0.717, 1.165) is 0 Å². The number of cyclic esters (lactones) is 1. The van der Waals surface area contributed by atoms with Crippen molar-refractivity contribution in [3.63, 3.8) is 0 Å². The molecule has 1 N–H and O–H groups in total. The first-order valence-corrected chi connectivity index (χ1v) is 6.03. The average molecular weight is 261 g/mol. The molecule has 100 valence electrons. The van der Waals surface area contributed by atoms with Gasteiger partial charge in [-0.2, -0.15) is 0 Å². The molecule has 0 radical (unpaired) electrons. The van der Waals surface area contributed by atoms with Crippen molar-refractivity contribution >= 4 is 12.1 Å². The lowest BCUT2D eigenvalue weighted by Crippen LogP contribution is -2.24. The lowest BCUT2D eigenvalue weighted by Gasteiger charge is -2.09. The van der Waals surface area contributed by atoms with Crippen LogP contribution in [0.5, 0.6) is 0 Å². The number of rotatable bonds is 4. The summed E-state index contributed by atoms with van der Waals surface area (Å²) in [5, 5.41) is 2.61. The van der Waals surface area contributed by atoms with Crippen LogP contribution in [0.25, 0.3) is 0 Å². The van der Waals surface area contributed by atoms with E-state index in [1.807, 2.05) is 6.07 Å². The summed E-state index contributed by atoms with van der Waals surface area (Å²) >= 11 is 0. The van der Waals surface area contributed by atoms with Crippen LogP contribution in [-0.4, -0.2) is 30.8 Å². The van der Waals surface area contributed by atoms with Gasteiger partial charge in [0.05, 0.1) is 11.6 Å². The standard InChI is InChI=1S/C14H15NO4/c1-10(7-8-12-9-18-14(17)15-12)19-13(16)11-5-3-2-4-6-11/h2-8,10,12H,9H2,1H3,(H,15,17)/b8-7+/t10-,12+/m1/s1. The Kier molecular flexibility index (Phi) is 4.18. The van der Waals surface area contributed by atoms with Gasteiger partial charge in [0.2, 0.25) is 0 Å². The Morgan fingerprint density at radius 1 is 1.47 bits per heavy atom. The first-order chi connectivity index (χ1) is 9.15. The van der Waals surface area contributed by atoms with Crippen LogP contribution < -0.4 is 5.32 Å². The quantitative estimate of drug-likeness (QED) is 0.664. The van der Waals surface area contributed by atoms with Crippen molar-refractivity contribution in [1.82, 2.24) is 5.32 Å². The molecule has 1 fully saturated rings. The first kappa shape index (κ1) is 13.1. The third kappa shape index (κ3) is 3.84. The number of esters is 1. The Balaban J connectivity index is 1.84. The van der Waals surface area contributed by atoms with Gasteiger partial charge in [-0.15, -0.1) is 0 Å². The molecule has 0 aliphatic carbocycles. The lowest BCUT2D eigenvalue weighted by atomic mass is 10.2. The second kappa shape index (κ2) is 6.04. The predicted molar refractivity (Wildman–Crippen MR) is 68.7 cm³/mol. The van der Waals surface area contributed by atoms with Gasteiger partial charge in [-0.1, -0.05) is 24.3 Å². The Morgan fingerprint density at radius 3 is 2.84 bits per heavy atom. The third-order valence-corrected chi connectivity index (χ3v) is 2.61. The molecule has 19 heavy (non-hydrogen) atoms. The molecule has 5 heteroatoms. The molecule has 2 rings (SSSR count). The van der Waals surface area contributed by atoms with Crippen molar-refractivity contribution in [2.45, 2.75) is 19.1 Å². The van der Waals surface area contributed by atoms with Gasteiger partial charge in [-0.25, -0.2) is 9.59 Å². The van der Waals surface area contributed by atoms with E-state index in [0.29, 0.717) is 12.2 Å². The molecule has 1 heterocycles. The number of benzene rings is 1. The predicted octanol–water partition coefficient (Wildman–Crippen LogP) is 1.90. The number of carbonyl (C=O) groups excluding carboxylic acids is 2. The lowest BCUT2D eigenvalue weighted by molar-refractivity contribution is 0.0424. The van der Waals surface area contributed by atoms with Gasteiger partial charge >= 0.3 is 12.1 Å². The second-order valence-electron chi connectivity index (χ2n) is 4.21. The highest BCUT2D eigenvalue weighted by Gasteiger charge is 2.19. The Bertz CT molecular complexity index is 483. The summed E-state index contributed by atoms with van der Waals surface area (Å²) in [4.78, 5) is 22.6. The van der Waals surface area contributed by atoms with Gasteiger partial charge in [0, 0.05) is 0 Å². The average Bonchev–Trinajstić information content (AvgIpc) is 2.83. The van der Waals surface area contributed by atoms with E-state index in [2.05, 4.69) is 5.32 Å². The van der Waals surface area contributed by atoms with Gasteiger partial charge in [-0.3, -0.25) is 0 Å². The van der Waals surface area contributed by atoms with Crippen LogP contribution in [0, 0.1) is 0 Å². The highest BCUT2D eigenvalue weighted by Crippen LogP contribution is 2.06. The van der Waals surface area contributed by atoms with Crippen LogP contribution in [0.15, 0.2) is 42.5 Å². The van der Waals surface area contributed by atoms with Gasteiger partial charge in [-0.05, 0) is 25.1 Å². The molecule has 0 bridgehead atoms. The van der Waals surface area contributed by atoms with Crippen LogP contribution in [0.2, 0.25) is 0 Å². The molecular formula is C14H15NO4. The van der Waals surface area contributed by atoms with Gasteiger partial charge in [0.1, 0.15) is 12.7 Å². The third-order valence-electron chi connectivity index (χ3n) is 2.61. The molecule has 5 nitrogen and oxygen atoms in total. The van der Waals surface area contributed by atoms with E-state index in [9.17, 15) is 9.59 Å². The van der Waals surface area contributed by atoms with E-state index in [1.54, 1.807) is 43.3 Å². The number of hydrogen-bond donors (Lipinski definition) is 1. The maximum atomic E-state index is 11.8. The van der Waals surface area contributed by atoms with E-state index < -0.39 is 6.09 Å². The van der Waals surface area contributed by atoms with E-state index in [4.69, 9.17) is 9.47 Å². The van der Waals surface area contributed by atoms with Gasteiger partial charge in [0.25, 0.3) is 0 Å². The number of ether oxygens (including phenoxy) is 2. The molecule has 2 atom stereocenters. The van der Waals surface area contributed by atoms with Gasteiger partial charge < -0.3 is 14.8 Å². The molecule has 0 saturated carbocycles. The Morgan fingerprint density at radius 2 is 2.21 bits per heavy atom. The Labute approximate surface area is 111 Å². The fourth-order valence-electron chi connectivity index (χ4n) is 1.64. The summed E-state index contributed by atoms with van der Waals surface area (Å²) in [6, 6.07) is 8.63. The molecule has 0 spiro atoms. The highest BCUT2D eigenvalue weighted by molar-refractivity contribution is 5.89. The Hall–Kier alpha value is -2.30. The number of carbonyl (C=O) groups is 2. The monoisotopic (exact) mass is 261 g/mol. The smallest absolute Gasteiger partial charge is 0.407 e. The summed E-state index contributed by atoms with van der Waals surface area (Å²) in [5.74, 6) is -0.371. The van der Waals surface area contributed by atoms with Crippen molar-refractivity contribution in [2.75, 3.05) is 6.61 Å². The SMILES string of the molecule is C[C@H](/C=C/[C@H]1COC(=O)N1)OC(=O)c1ccccc1. The number of hydrogen-bond acceptors (Lipinski definition) is 4. The minimum atomic E-state index is -0.427. The molecule has 1 aliphatic heterocycles. The molecule has 0 aromatic heterocycles. The molecule has 1 amide bonds. The van der Waals surface area contributed by atoms with Crippen LogP contribution in [0.4, 0.5) is 4.79 Å². The van der Waals surface area contributed by atoms with Crippen molar-refractivity contribution in [3.8, 4) is 0 Å². The van der Waals surface area contributed by atoms with Crippen LogP contribution in [0.3, 0.4) is 0 Å². The maximum absolute atomic E-state index is 11.8. The van der Waals surface area contributed by atoms with Crippen LogP contribution >= 0.6 is 0 Å². The summed E-state index contributed by atoms with van der Waals surface area (Å²) in [7, 11) is 0. The fraction of sp³-hybridized carbons (Fsp3) is 0.286. The molecule has 0 unspecified atom stereocenters. The topological polar surface area (TPSA) is 64.6 Å². The minimum Gasteiger partial charge on any atom is -0.455 e. The van der Waals surface area contributed by atoms with Crippen molar-refractivity contribution in [1.29, 1.82) is 0 Å². The summed E-state index contributed by atoms with van der Waals surface area (Å²) < 4.78 is 9.98. The number of alkyl carbamates (subject to hydrolysis) is 1. The number of amides is 1. The summed E-state index contributed by atoms with van der Waals surface area (Å²) in [6.07, 6.45) is 2.68. The van der Waals surface area contributed by atoms with Crippen molar-refractivity contribution in [2.24, 2.45) is 0 Å². The zero-order chi connectivity index (χ0) is 13.7. The minimum absolute atomic E-state index is 0.162. The zero-order valence-corrected chi connectivity index (χ0v) is 10.5. The molecule has 1 saturated heterocycles. The van der Waals surface area contributed by atoms with Crippen LogP contribution in [0.1, 0.15) is 17.3 Å². The summed E-state index contributed by atoms with van der Waals surface area (Å²) in [6.45, 7) is 2.06. The second-order valence-corrected chi connectivity index (χ2v) is 4.21. The van der Waals surface area contributed by atoms with E-state index >= 15 is 0 Å². The fourth-order valence-corrected chi connectivity index (χ4v) is 1.64. The molecule has 1 aromatic rings. The van der Waals surface area contributed by atoms with E-state index in [1.165, 1.54) is 0 Å².